The lowest BCUT2D eigenvalue weighted by molar-refractivity contribution is 0.341. The molecular weight excluding hydrogens is 194 g/mol. The molecule has 4 atom stereocenters. The van der Waals surface area contributed by atoms with E-state index in [1.165, 1.54) is 38.5 Å². The lowest BCUT2D eigenvalue weighted by Crippen LogP contribution is -2.25. The van der Waals surface area contributed by atoms with Crippen LogP contribution in [-0.4, -0.2) is 6.04 Å². The number of hydrogen-bond acceptors (Lipinski definition) is 1. The van der Waals surface area contributed by atoms with E-state index < -0.39 is 0 Å². The zero-order chi connectivity index (χ0) is 11.4. The minimum atomic E-state index is 0.316. The van der Waals surface area contributed by atoms with Crippen molar-refractivity contribution in [3.63, 3.8) is 0 Å². The summed E-state index contributed by atoms with van der Waals surface area (Å²) in [7, 11) is 0. The second kappa shape index (κ2) is 5.67. The van der Waals surface area contributed by atoms with Crippen molar-refractivity contribution in [2.45, 2.75) is 51.5 Å². The van der Waals surface area contributed by atoms with Crippen molar-refractivity contribution >= 4 is 0 Å². The van der Waals surface area contributed by atoms with Gasteiger partial charge in [-0.2, -0.15) is 0 Å². The Morgan fingerprint density at radius 3 is 2.12 bits per heavy atom. The lowest BCUT2D eigenvalue weighted by atomic mass is 9.76. The summed E-state index contributed by atoms with van der Waals surface area (Å²) in [4.78, 5) is 0. The molecule has 2 aliphatic carbocycles. The molecule has 0 aromatic carbocycles. The van der Waals surface area contributed by atoms with Crippen LogP contribution in [0, 0.1) is 17.8 Å². The van der Waals surface area contributed by atoms with Crippen LogP contribution in [0.15, 0.2) is 24.3 Å². The van der Waals surface area contributed by atoms with E-state index in [9.17, 15) is 0 Å². The van der Waals surface area contributed by atoms with Gasteiger partial charge < -0.3 is 5.73 Å². The normalized spacial score (nSPS) is 38.9. The summed E-state index contributed by atoms with van der Waals surface area (Å²) in [6, 6.07) is 0.316. The molecule has 0 saturated carbocycles. The van der Waals surface area contributed by atoms with E-state index in [2.05, 4.69) is 31.2 Å². The fraction of sp³-hybridized carbons (Fsp3) is 0.733. The Balaban J connectivity index is 1.88. The van der Waals surface area contributed by atoms with Crippen molar-refractivity contribution in [3.05, 3.63) is 24.3 Å². The number of rotatable bonds is 3. The summed E-state index contributed by atoms with van der Waals surface area (Å²) < 4.78 is 0. The SMILES string of the molecule is CCCC1C=CC(C2C=CC(N)CC2)CC1. The molecule has 0 bridgehead atoms. The van der Waals surface area contributed by atoms with Crippen molar-refractivity contribution < 1.29 is 0 Å². The molecule has 0 aliphatic heterocycles. The Morgan fingerprint density at radius 2 is 1.62 bits per heavy atom. The Morgan fingerprint density at radius 1 is 0.938 bits per heavy atom. The quantitative estimate of drug-likeness (QED) is 0.720. The van der Waals surface area contributed by atoms with Gasteiger partial charge in [0.15, 0.2) is 0 Å². The first kappa shape index (κ1) is 11.9. The molecule has 1 nitrogen and oxygen atoms in total. The van der Waals surface area contributed by atoms with Crippen LogP contribution in [0.2, 0.25) is 0 Å². The van der Waals surface area contributed by atoms with E-state index >= 15 is 0 Å². The van der Waals surface area contributed by atoms with Gasteiger partial charge in [-0.15, -0.1) is 0 Å². The molecule has 4 unspecified atom stereocenters. The summed E-state index contributed by atoms with van der Waals surface area (Å²) in [5, 5.41) is 0. The van der Waals surface area contributed by atoms with Crippen LogP contribution in [0.3, 0.4) is 0 Å². The summed E-state index contributed by atoms with van der Waals surface area (Å²) in [6.45, 7) is 2.28. The predicted molar refractivity (Wildman–Crippen MR) is 70.1 cm³/mol. The van der Waals surface area contributed by atoms with Crippen molar-refractivity contribution in [3.8, 4) is 0 Å². The molecule has 2 rings (SSSR count). The molecule has 0 saturated heterocycles. The predicted octanol–water partition coefficient (Wildman–Crippen LogP) is 3.66. The van der Waals surface area contributed by atoms with Gasteiger partial charge in [-0.25, -0.2) is 0 Å². The third-order valence-electron chi connectivity index (χ3n) is 4.15. The van der Waals surface area contributed by atoms with Gasteiger partial charge in [0.05, 0.1) is 0 Å². The summed E-state index contributed by atoms with van der Waals surface area (Å²) in [5.41, 5.74) is 5.88. The molecule has 0 aromatic rings. The third-order valence-corrected chi connectivity index (χ3v) is 4.15. The van der Waals surface area contributed by atoms with E-state index in [0.29, 0.717) is 6.04 Å². The van der Waals surface area contributed by atoms with Crippen LogP contribution in [0.5, 0.6) is 0 Å². The molecule has 0 heterocycles. The Hall–Kier alpha value is -0.560. The van der Waals surface area contributed by atoms with Crippen LogP contribution in [0.4, 0.5) is 0 Å². The molecule has 0 amide bonds. The van der Waals surface area contributed by atoms with E-state index in [-0.39, 0.29) is 0 Å². The Bertz CT molecular complexity index is 267. The van der Waals surface area contributed by atoms with E-state index in [1.54, 1.807) is 0 Å². The standard InChI is InChI=1S/C15H25N/c1-2-3-12-4-6-13(7-5-12)14-8-10-15(16)11-9-14/h4,6,8,10,12-15H,2-3,5,7,9,11,16H2,1H3. The highest BCUT2D eigenvalue weighted by molar-refractivity contribution is 5.08. The maximum atomic E-state index is 5.88. The van der Waals surface area contributed by atoms with Crippen LogP contribution < -0.4 is 5.73 Å². The monoisotopic (exact) mass is 219 g/mol. The first-order valence-corrected chi connectivity index (χ1v) is 6.92. The molecule has 2 N–H and O–H groups in total. The highest BCUT2D eigenvalue weighted by Gasteiger charge is 2.23. The molecular formula is C15H25N. The van der Waals surface area contributed by atoms with Crippen molar-refractivity contribution in [1.29, 1.82) is 0 Å². The molecule has 16 heavy (non-hydrogen) atoms. The van der Waals surface area contributed by atoms with Gasteiger partial charge in [0.25, 0.3) is 0 Å². The van der Waals surface area contributed by atoms with Crippen LogP contribution >= 0.6 is 0 Å². The van der Waals surface area contributed by atoms with Gasteiger partial charge in [-0.1, -0.05) is 37.6 Å². The van der Waals surface area contributed by atoms with Gasteiger partial charge in [0.1, 0.15) is 0 Å². The van der Waals surface area contributed by atoms with Gasteiger partial charge in [0, 0.05) is 6.04 Å². The third kappa shape index (κ3) is 2.98. The second-order valence-electron chi connectivity index (χ2n) is 5.46. The molecule has 1 heteroatoms. The average molecular weight is 219 g/mol. The average Bonchev–Trinajstić information content (AvgIpc) is 2.32. The van der Waals surface area contributed by atoms with Crippen LogP contribution in [-0.2, 0) is 0 Å². The fourth-order valence-corrected chi connectivity index (χ4v) is 3.09. The van der Waals surface area contributed by atoms with E-state index in [0.717, 1.165) is 17.8 Å². The molecule has 0 fully saturated rings. The van der Waals surface area contributed by atoms with Gasteiger partial charge in [0.2, 0.25) is 0 Å². The second-order valence-corrected chi connectivity index (χ2v) is 5.46. The lowest BCUT2D eigenvalue weighted by Gasteiger charge is -2.30. The van der Waals surface area contributed by atoms with Gasteiger partial charge in [-0.3, -0.25) is 0 Å². The summed E-state index contributed by atoms with van der Waals surface area (Å²) >= 11 is 0. The number of hydrogen-bond donors (Lipinski definition) is 1. The minimum Gasteiger partial charge on any atom is -0.324 e. The summed E-state index contributed by atoms with van der Waals surface area (Å²) in [6.07, 6.45) is 17.4. The first-order valence-electron chi connectivity index (χ1n) is 6.92. The maximum Gasteiger partial charge on any atom is 0.0223 e. The fourth-order valence-electron chi connectivity index (χ4n) is 3.09. The van der Waals surface area contributed by atoms with Crippen molar-refractivity contribution in [1.82, 2.24) is 0 Å². The minimum absolute atomic E-state index is 0.316. The topological polar surface area (TPSA) is 26.0 Å². The molecule has 0 aromatic heterocycles. The van der Waals surface area contributed by atoms with Crippen LogP contribution in [0.1, 0.15) is 45.4 Å². The van der Waals surface area contributed by atoms with E-state index in [4.69, 9.17) is 5.73 Å². The summed E-state index contributed by atoms with van der Waals surface area (Å²) in [5.74, 6) is 2.41. The van der Waals surface area contributed by atoms with Crippen LogP contribution in [0.25, 0.3) is 0 Å². The highest BCUT2D eigenvalue weighted by atomic mass is 14.6. The highest BCUT2D eigenvalue weighted by Crippen LogP contribution is 2.34. The van der Waals surface area contributed by atoms with Gasteiger partial charge in [-0.05, 0) is 49.9 Å². The Labute approximate surface area is 99.8 Å². The number of nitrogens with two attached hydrogens (primary N) is 1. The van der Waals surface area contributed by atoms with Gasteiger partial charge >= 0.3 is 0 Å². The van der Waals surface area contributed by atoms with Crippen molar-refractivity contribution in [2.75, 3.05) is 0 Å². The van der Waals surface area contributed by atoms with Crippen molar-refractivity contribution in [2.24, 2.45) is 23.5 Å². The zero-order valence-corrected chi connectivity index (χ0v) is 10.4. The number of allylic oxidation sites excluding steroid dienone is 3. The molecule has 0 spiro atoms. The zero-order valence-electron chi connectivity index (χ0n) is 10.4. The first-order chi connectivity index (χ1) is 7.79. The van der Waals surface area contributed by atoms with E-state index in [1.807, 2.05) is 0 Å². The smallest absolute Gasteiger partial charge is 0.0223 e. The molecule has 2 aliphatic rings. The molecule has 90 valence electrons. The largest absolute Gasteiger partial charge is 0.324 e. The Kier molecular flexibility index (Phi) is 4.22. The molecule has 0 radical (unpaired) electrons. The maximum absolute atomic E-state index is 5.88.